The largest absolute Gasteiger partial charge is 1.00 e. The third-order valence-corrected chi connectivity index (χ3v) is 1.42. The van der Waals surface area contributed by atoms with E-state index < -0.39 is 29.8 Å². The number of rotatable bonds is 1. The van der Waals surface area contributed by atoms with Gasteiger partial charge in [0.15, 0.2) is 17.4 Å². The molecule has 0 unspecified atom stereocenters. The molecular weight excluding hydrogens is 233 g/mol. The summed E-state index contributed by atoms with van der Waals surface area (Å²) in [5.41, 5.74) is -1.41. The summed E-state index contributed by atoms with van der Waals surface area (Å²) < 4.78 is 60.6. The molecule has 8 heteroatoms. The average molecular weight is 236 g/mol. The van der Waals surface area contributed by atoms with Gasteiger partial charge in [0.05, 0.1) is 0 Å². The molecule has 0 fully saturated rings. The molecule has 72 valence electrons. The molecule has 0 aliphatic heterocycles. The fourth-order valence-corrected chi connectivity index (χ4v) is 0.774. The number of phenolic OH excluding ortho intramolecular Hbond substituents is 1. The Balaban J connectivity index is 0.00000169. The Morgan fingerprint density at radius 3 is 1.64 bits per heavy atom. The first-order valence-electron chi connectivity index (χ1n) is 3.20. The van der Waals surface area contributed by atoms with Gasteiger partial charge in [-0.3, -0.25) is 0 Å². The van der Waals surface area contributed by atoms with E-state index in [2.05, 4.69) is 0 Å². The van der Waals surface area contributed by atoms with Crippen molar-refractivity contribution in [1.29, 1.82) is 0 Å². The Morgan fingerprint density at radius 1 is 1.00 bits per heavy atom. The van der Waals surface area contributed by atoms with Gasteiger partial charge in [-0.25, -0.2) is 8.78 Å². The maximum absolute atomic E-state index is 12.4. The average Bonchev–Trinajstić information content (AvgIpc) is 1.97. The number of hydrogen-bond donors (Lipinski definition) is 1. The molecule has 1 rings (SSSR count). The van der Waals surface area contributed by atoms with Crippen LogP contribution in [-0.4, -0.2) is 12.1 Å². The fraction of sp³-hybridized carbons (Fsp3) is 0. The Hall–Kier alpha value is 0.371. The van der Waals surface area contributed by atoms with Gasteiger partial charge in [0.1, 0.15) is 0 Å². The van der Waals surface area contributed by atoms with Crippen molar-refractivity contribution in [3.63, 3.8) is 0 Å². The quantitative estimate of drug-likeness (QED) is 0.476. The third kappa shape index (κ3) is 3.20. The molecule has 0 bridgehead atoms. The summed E-state index contributed by atoms with van der Waals surface area (Å²) in [4.78, 5) is 0. The molecule has 0 atom stereocenters. The standard InChI is InChI=1S/C6H3BF5O.K/c8-4-1-3(7(10,11)12)2-5(9)6(4)13;/h1-2,13H;/q-1;+1. The van der Waals surface area contributed by atoms with Crippen LogP contribution in [0.4, 0.5) is 21.7 Å². The van der Waals surface area contributed by atoms with Crippen LogP contribution < -0.4 is 56.8 Å². The number of benzene rings is 1. The van der Waals surface area contributed by atoms with Gasteiger partial charge >= 0.3 is 58.4 Å². The second-order valence-electron chi connectivity index (χ2n) is 2.41. The zero-order valence-electron chi connectivity index (χ0n) is 7.07. The summed E-state index contributed by atoms with van der Waals surface area (Å²) >= 11 is 0. The molecule has 0 aromatic heterocycles. The van der Waals surface area contributed by atoms with Crippen LogP contribution in [0.25, 0.3) is 0 Å². The molecule has 0 aliphatic carbocycles. The summed E-state index contributed by atoms with van der Waals surface area (Å²) in [6, 6.07) is 0.108. The van der Waals surface area contributed by atoms with E-state index in [1.54, 1.807) is 0 Å². The SMILES string of the molecule is Oc1c(F)cc([B-](F)(F)F)cc1F.[K+]. The van der Waals surface area contributed by atoms with Crippen LogP contribution in [0, 0.1) is 11.6 Å². The minimum absolute atomic E-state index is 0. The van der Waals surface area contributed by atoms with Crippen LogP contribution in [0.3, 0.4) is 0 Å². The van der Waals surface area contributed by atoms with Gasteiger partial charge in [0.25, 0.3) is 0 Å². The third-order valence-electron chi connectivity index (χ3n) is 1.42. The molecule has 0 amide bonds. The maximum atomic E-state index is 12.4. The van der Waals surface area contributed by atoms with E-state index in [0.29, 0.717) is 0 Å². The van der Waals surface area contributed by atoms with Crippen LogP contribution in [-0.2, 0) is 0 Å². The van der Waals surface area contributed by atoms with Crippen molar-refractivity contribution in [3.8, 4) is 5.75 Å². The molecule has 14 heavy (non-hydrogen) atoms. The first kappa shape index (κ1) is 14.4. The van der Waals surface area contributed by atoms with Crippen LogP contribution in [0.2, 0.25) is 0 Å². The minimum atomic E-state index is -5.45. The number of halogens is 5. The maximum Gasteiger partial charge on any atom is 1.00 e. The summed E-state index contributed by atoms with van der Waals surface area (Å²) in [7, 11) is 0. The number of phenols is 1. The van der Waals surface area contributed by atoms with Crippen molar-refractivity contribution in [3.05, 3.63) is 23.8 Å². The van der Waals surface area contributed by atoms with E-state index in [1.165, 1.54) is 0 Å². The number of hydrogen-bond acceptors (Lipinski definition) is 1. The molecule has 1 aromatic rings. The van der Waals surface area contributed by atoms with Gasteiger partial charge in [-0.05, 0) is 12.1 Å². The smallest absolute Gasteiger partial charge is 0.503 e. The molecule has 0 heterocycles. The zero-order chi connectivity index (χ0) is 10.2. The van der Waals surface area contributed by atoms with Gasteiger partial charge in [-0.2, -0.15) is 0 Å². The molecular formula is C6H3BF5KO. The normalized spacial score (nSPS) is 10.9. The van der Waals surface area contributed by atoms with E-state index >= 15 is 0 Å². The van der Waals surface area contributed by atoms with Gasteiger partial charge in [-0.1, -0.05) is 0 Å². The van der Waals surface area contributed by atoms with Crippen molar-refractivity contribution in [2.45, 2.75) is 0 Å². The van der Waals surface area contributed by atoms with Gasteiger partial charge < -0.3 is 18.1 Å². The second-order valence-corrected chi connectivity index (χ2v) is 2.41. The van der Waals surface area contributed by atoms with Crippen molar-refractivity contribution in [1.82, 2.24) is 0 Å². The van der Waals surface area contributed by atoms with Crippen molar-refractivity contribution in [2.24, 2.45) is 0 Å². The predicted octanol–water partition coefficient (Wildman–Crippen LogP) is -1.27. The molecule has 0 aliphatic rings. The van der Waals surface area contributed by atoms with E-state index in [9.17, 15) is 21.7 Å². The topological polar surface area (TPSA) is 20.2 Å². The molecule has 0 spiro atoms. The summed E-state index contributed by atoms with van der Waals surface area (Å²) in [5.74, 6) is -4.63. The van der Waals surface area contributed by atoms with Gasteiger partial charge in [-0.15, -0.1) is 5.46 Å². The van der Waals surface area contributed by atoms with E-state index in [4.69, 9.17) is 5.11 Å². The van der Waals surface area contributed by atoms with E-state index in [0.717, 1.165) is 0 Å². The monoisotopic (exact) mass is 236 g/mol. The van der Waals surface area contributed by atoms with Gasteiger partial charge in [0.2, 0.25) is 0 Å². The van der Waals surface area contributed by atoms with Gasteiger partial charge in [0, 0.05) is 0 Å². The number of aromatic hydroxyl groups is 1. The first-order chi connectivity index (χ1) is 5.82. The predicted molar refractivity (Wildman–Crippen MR) is 36.7 cm³/mol. The van der Waals surface area contributed by atoms with E-state index in [-0.39, 0.29) is 63.5 Å². The molecule has 0 saturated carbocycles. The Bertz CT molecular complexity index is 316. The molecule has 1 N–H and O–H groups in total. The van der Waals surface area contributed by atoms with Crippen molar-refractivity contribution >= 4 is 12.4 Å². The molecule has 1 nitrogen and oxygen atoms in total. The Labute approximate surface area is 119 Å². The van der Waals surface area contributed by atoms with Crippen LogP contribution in [0.15, 0.2) is 12.1 Å². The molecule has 0 radical (unpaired) electrons. The summed E-state index contributed by atoms with van der Waals surface area (Å²) in [5, 5.41) is 8.49. The van der Waals surface area contributed by atoms with Crippen molar-refractivity contribution in [2.75, 3.05) is 0 Å². The summed E-state index contributed by atoms with van der Waals surface area (Å²) in [6.07, 6.45) is 0. The Morgan fingerprint density at radius 2 is 1.36 bits per heavy atom. The second kappa shape index (κ2) is 4.93. The first-order valence-corrected chi connectivity index (χ1v) is 3.20. The Kier molecular flexibility index (Phi) is 5.06. The van der Waals surface area contributed by atoms with Crippen molar-refractivity contribution < 1.29 is 78.2 Å². The van der Waals surface area contributed by atoms with Crippen LogP contribution in [0.5, 0.6) is 5.75 Å². The summed E-state index contributed by atoms with van der Waals surface area (Å²) in [6.45, 7) is -5.45. The molecule has 0 saturated heterocycles. The van der Waals surface area contributed by atoms with Crippen LogP contribution in [0.1, 0.15) is 0 Å². The van der Waals surface area contributed by atoms with E-state index in [1.807, 2.05) is 0 Å². The van der Waals surface area contributed by atoms with Crippen LogP contribution >= 0.6 is 0 Å². The minimum Gasteiger partial charge on any atom is -0.503 e. The molecule has 1 aromatic carbocycles. The zero-order valence-corrected chi connectivity index (χ0v) is 10.2. The fourth-order valence-electron chi connectivity index (χ4n) is 0.774.